The van der Waals surface area contributed by atoms with E-state index >= 15 is 0 Å². The lowest BCUT2D eigenvalue weighted by atomic mass is 10.1. The number of hydrogen-bond donors (Lipinski definition) is 2. The standard InChI is InChI=1S/C13H21N3O2/c1-9(2)5-4-6-15-12-11(13(17)18-3)7-10(14)8-16-12/h7-9H,4-6,14H2,1-3H3,(H,15,16). The van der Waals surface area contributed by atoms with Crippen LogP contribution in [0.15, 0.2) is 12.3 Å². The lowest BCUT2D eigenvalue weighted by molar-refractivity contribution is 0.0601. The number of carbonyl (C=O) groups excluding carboxylic acids is 1. The van der Waals surface area contributed by atoms with E-state index in [1.165, 1.54) is 13.3 Å². The number of pyridine rings is 1. The fraction of sp³-hybridized carbons (Fsp3) is 0.538. The van der Waals surface area contributed by atoms with E-state index in [2.05, 4.69) is 24.1 Å². The number of carbonyl (C=O) groups is 1. The van der Waals surface area contributed by atoms with Crippen molar-refractivity contribution in [2.75, 3.05) is 24.7 Å². The zero-order chi connectivity index (χ0) is 13.5. The normalized spacial score (nSPS) is 10.4. The molecule has 5 nitrogen and oxygen atoms in total. The summed E-state index contributed by atoms with van der Waals surface area (Å²) in [6.45, 7) is 5.14. The molecule has 0 saturated carbocycles. The summed E-state index contributed by atoms with van der Waals surface area (Å²) in [7, 11) is 1.34. The van der Waals surface area contributed by atoms with Crippen molar-refractivity contribution in [2.45, 2.75) is 26.7 Å². The number of rotatable bonds is 6. The third kappa shape index (κ3) is 4.24. The Balaban J connectivity index is 2.66. The fourth-order valence-corrected chi connectivity index (χ4v) is 1.60. The molecule has 0 aliphatic heterocycles. The zero-order valence-electron chi connectivity index (χ0n) is 11.2. The highest BCUT2D eigenvalue weighted by Gasteiger charge is 2.13. The third-order valence-electron chi connectivity index (χ3n) is 2.56. The van der Waals surface area contributed by atoms with Crippen LogP contribution in [-0.2, 0) is 4.74 Å². The predicted octanol–water partition coefficient (Wildman–Crippen LogP) is 2.30. The molecule has 0 spiro atoms. The van der Waals surface area contributed by atoms with E-state index in [-0.39, 0.29) is 0 Å². The van der Waals surface area contributed by atoms with Crippen molar-refractivity contribution in [1.29, 1.82) is 0 Å². The van der Waals surface area contributed by atoms with Gasteiger partial charge in [0, 0.05) is 6.54 Å². The van der Waals surface area contributed by atoms with Gasteiger partial charge in [-0.05, 0) is 24.8 Å². The molecular formula is C13H21N3O2. The zero-order valence-corrected chi connectivity index (χ0v) is 11.2. The van der Waals surface area contributed by atoms with Gasteiger partial charge < -0.3 is 15.8 Å². The average Bonchev–Trinajstić information content (AvgIpc) is 2.34. The monoisotopic (exact) mass is 251 g/mol. The molecule has 0 aliphatic rings. The first kappa shape index (κ1) is 14.3. The molecule has 5 heteroatoms. The summed E-state index contributed by atoms with van der Waals surface area (Å²) >= 11 is 0. The first-order valence-corrected chi connectivity index (χ1v) is 6.12. The van der Waals surface area contributed by atoms with Gasteiger partial charge in [-0.3, -0.25) is 0 Å². The third-order valence-corrected chi connectivity index (χ3v) is 2.56. The van der Waals surface area contributed by atoms with Gasteiger partial charge in [-0.25, -0.2) is 9.78 Å². The van der Waals surface area contributed by atoms with Gasteiger partial charge in [0.1, 0.15) is 11.4 Å². The van der Waals surface area contributed by atoms with E-state index < -0.39 is 5.97 Å². The van der Waals surface area contributed by atoms with Gasteiger partial charge in [-0.1, -0.05) is 13.8 Å². The Hall–Kier alpha value is -1.78. The second-order valence-electron chi connectivity index (χ2n) is 4.62. The number of methoxy groups -OCH3 is 1. The van der Waals surface area contributed by atoms with E-state index in [4.69, 9.17) is 10.5 Å². The van der Waals surface area contributed by atoms with E-state index in [1.54, 1.807) is 6.07 Å². The van der Waals surface area contributed by atoms with Crippen molar-refractivity contribution < 1.29 is 9.53 Å². The largest absolute Gasteiger partial charge is 0.465 e. The van der Waals surface area contributed by atoms with Crippen LogP contribution in [0.2, 0.25) is 0 Å². The topological polar surface area (TPSA) is 77.2 Å². The number of ether oxygens (including phenoxy) is 1. The molecule has 1 aromatic heterocycles. The molecule has 0 atom stereocenters. The SMILES string of the molecule is COC(=O)c1cc(N)cnc1NCCCC(C)C. The summed E-state index contributed by atoms with van der Waals surface area (Å²) in [6, 6.07) is 1.57. The van der Waals surface area contributed by atoms with Crippen molar-refractivity contribution >= 4 is 17.5 Å². The second-order valence-corrected chi connectivity index (χ2v) is 4.62. The van der Waals surface area contributed by atoms with Gasteiger partial charge in [0.2, 0.25) is 0 Å². The smallest absolute Gasteiger partial charge is 0.341 e. The molecule has 0 aliphatic carbocycles. The molecule has 18 heavy (non-hydrogen) atoms. The van der Waals surface area contributed by atoms with Gasteiger partial charge in [0.05, 0.1) is 19.0 Å². The summed E-state index contributed by atoms with van der Waals surface area (Å²) < 4.78 is 4.70. The molecular weight excluding hydrogens is 230 g/mol. The summed E-state index contributed by atoms with van der Waals surface area (Å²) in [5, 5.41) is 3.14. The Morgan fingerprint density at radius 1 is 1.56 bits per heavy atom. The van der Waals surface area contributed by atoms with Gasteiger partial charge in [-0.15, -0.1) is 0 Å². The Bertz CT molecular complexity index is 405. The Morgan fingerprint density at radius 3 is 2.89 bits per heavy atom. The van der Waals surface area contributed by atoms with Crippen molar-refractivity contribution in [3.8, 4) is 0 Å². The first-order chi connectivity index (χ1) is 8.54. The number of aromatic nitrogens is 1. The fourth-order valence-electron chi connectivity index (χ4n) is 1.60. The lowest BCUT2D eigenvalue weighted by Gasteiger charge is -2.11. The first-order valence-electron chi connectivity index (χ1n) is 6.12. The number of hydrogen-bond acceptors (Lipinski definition) is 5. The number of anilines is 2. The van der Waals surface area contributed by atoms with Crippen LogP contribution < -0.4 is 11.1 Å². The molecule has 3 N–H and O–H groups in total. The minimum atomic E-state index is -0.429. The summed E-state index contributed by atoms with van der Waals surface area (Å²) in [6.07, 6.45) is 3.69. The minimum absolute atomic E-state index is 0.377. The number of esters is 1. The summed E-state index contributed by atoms with van der Waals surface area (Å²) in [4.78, 5) is 15.7. The molecule has 0 aromatic carbocycles. The Labute approximate surface area is 108 Å². The number of nitrogens with two attached hydrogens (primary N) is 1. The van der Waals surface area contributed by atoms with Crippen molar-refractivity contribution in [2.24, 2.45) is 5.92 Å². The van der Waals surface area contributed by atoms with Crippen LogP contribution in [0.5, 0.6) is 0 Å². The van der Waals surface area contributed by atoms with E-state index in [0.717, 1.165) is 19.4 Å². The van der Waals surface area contributed by atoms with Crippen molar-refractivity contribution in [3.63, 3.8) is 0 Å². The quantitative estimate of drug-likeness (QED) is 0.599. The molecule has 0 unspecified atom stereocenters. The Morgan fingerprint density at radius 2 is 2.28 bits per heavy atom. The predicted molar refractivity (Wildman–Crippen MR) is 72.6 cm³/mol. The number of nitrogen functional groups attached to an aromatic ring is 1. The molecule has 100 valence electrons. The molecule has 1 heterocycles. The van der Waals surface area contributed by atoms with Crippen LogP contribution in [-0.4, -0.2) is 24.6 Å². The average molecular weight is 251 g/mol. The van der Waals surface area contributed by atoms with Crippen LogP contribution in [0.4, 0.5) is 11.5 Å². The van der Waals surface area contributed by atoms with E-state index in [0.29, 0.717) is 23.0 Å². The highest BCUT2D eigenvalue weighted by molar-refractivity contribution is 5.95. The summed E-state index contributed by atoms with van der Waals surface area (Å²) in [5.41, 5.74) is 6.44. The van der Waals surface area contributed by atoms with Gasteiger partial charge in [-0.2, -0.15) is 0 Å². The van der Waals surface area contributed by atoms with Crippen LogP contribution in [0.1, 0.15) is 37.0 Å². The lowest BCUT2D eigenvalue weighted by Crippen LogP contribution is -2.12. The molecule has 0 amide bonds. The number of nitrogens with zero attached hydrogens (tertiary/aromatic N) is 1. The van der Waals surface area contributed by atoms with Crippen molar-refractivity contribution in [1.82, 2.24) is 4.98 Å². The van der Waals surface area contributed by atoms with Gasteiger partial charge in [0.25, 0.3) is 0 Å². The maximum atomic E-state index is 11.6. The molecule has 0 saturated heterocycles. The molecule has 1 rings (SSSR count). The molecule has 0 bridgehead atoms. The highest BCUT2D eigenvalue weighted by atomic mass is 16.5. The van der Waals surface area contributed by atoms with Gasteiger partial charge in [0.15, 0.2) is 0 Å². The van der Waals surface area contributed by atoms with Crippen LogP contribution in [0, 0.1) is 5.92 Å². The molecule has 0 fully saturated rings. The maximum absolute atomic E-state index is 11.6. The Kier molecular flexibility index (Phi) is 5.42. The van der Waals surface area contributed by atoms with Crippen LogP contribution >= 0.6 is 0 Å². The van der Waals surface area contributed by atoms with Crippen molar-refractivity contribution in [3.05, 3.63) is 17.8 Å². The molecule has 0 radical (unpaired) electrons. The highest BCUT2D eigenvalue weighted by Crippen LogP contribution is 2.17. The maximum Gasteiger partial charge on any atom is 0.341 e. The number of nitrogens with one attached hydrogen (secondary N) is 1. The second kappa shape index (κ2) is 6.83. The van der Waals surface area contributed by atoms with Crippen LogP contribution in [0.3, 0.4) is 0 Å². The van der Waals surface area contributed by atoms with E-state index in [1.807, 2.05) is 0 Å². The molecule has 1 aromatic rings. The minimum Gasteiger partial charge on any atom is -0.465 e. The summed E-state index contributed by atoms with van der Waals surface area (Å²) in [5.74, 6) is 0.771. The van der Waals surface area contributed by atoms with Gasteiger partial charge >= 0.3 is 5.97 Å². The van der Waals surface area contributed by atoms with Crippen LogP contribution in [0.25, 0.3) is 0 Å². The van der Waals surface area contributed by atoms with E-state index in [9.17, 15) is 4.79 Å².